The fourth-order valence-electron chi connectivity index (χ4n) is 3.56. The molecule has 1 saturated heterocycles. The van der Waals surface area contributed by atoms with Crippen molar-refractivity contribution < 1.29 is 4.79 Å². The largest absolute Gasteiger partial charge is 0.316 e. The molecule has 1 amide bonds. The molecule has 1 aromatic carbocycles. The highest BCUT2D eigenvalue weighted by atomic mass is 16.2. The summed E-state index contributed by atoms with van der Waals surface area (Å²) in [4.78, 5) is 15.0. The van der Waals surface area contributed by atoms with Crippen molar-refractivity contribution in [2.45, 2.75) is 32.6 Å². The van der Waals surface area contributed by atoms with Gasteiger partial charge >= 0.3 is 0 Å². The Morgan fingerprint density at radius 3 is 3.00 bits per heavy atom. The minimum Gasteiger partial charge on any atom is -0.316 e. The lowest BCUT2D eigenvalue weighted by molar-refractivity contribution is -0.127. The van der Waals surface area contributed by atoms with Crippen LogP contribution in [-0.2, 0) is 11.2 Å². The minimum atomic E-state index is -0.161. The van der Waals surface area contributed by atoms with Crippen LogP contribution in [0.4, 0.5) is 5.69 Å². The zero-order chi connectivity index (χ0) is 13.3. The van der Waals surface area contributed by atoms with Crippen molar-refractivity contribution in [3.05, 3.63) is 29.8 Å². The summed E-state index contributed by atoms with van der Waals surface area (Å²) in [7, 11) is 0. The molecule has 19 heavy (non-hydrogen) atoms. The number of para-hydroxylation sites is 1. The predicted molar refractivity (Wildman–Crippen MR) is 77.3 cm³/mol. The standard InChI is InChI=1S/C16H22N2O/c1-2-8-16(9-10-17-12-16)15(19)18-11-7-13-5-3-4-6-14(13)18/h3-6,17H,2,7-12H2,1H3. The maximum atomic E-state index is 13.0. The topological polar surface area (TPSA) is 32.3 Å². The van der Waals surface area contributed by atoms with Gasteiger partial charge in [0, 0.05) is 18.8 Å². The van der Waals surface area contributed by atoms with Crippen LogP contribution < -0.4 is 10.2 Å². The fraction of sp³-hybridized carbons (Fsp3) is 0.562. The molecule has 3 rings (SSSR count). The Labute approximate surface area is 115 Å². The maximum absolute atomic E-state index is 13.0. The number of nitrogens with zero attached hydrogens (tertiary/aromatic N) is 1. The van der Waals surface area contributed by atoms with Crippen molar-refractivity contribution in [3.63, 3.8) is 0 Å². The molecule has 0 saturated carbocycles. The van der Waals surface area contributed by atoms with Gasteiger partial charge in [-0.2, -0.15) is 0 Å². The number of nitrogens with one attached hydrogen (secondary N) is 1. The first-order valence-corrected chi connectivity index (χ1v) is 7.37. The predicted octanol–water partition coefficient (Wildman–Crippen LogP) is 2.36. The van der Waals surface area contributed by atoms with Gasteiger partial charge in [-0.25, -0.2) is 0 Å². The van der Waals surface area contributed by atoms with E-state index in [2.05, 4.69) is 30.4 Å². The molecule has 0 aromatic heterocycles. The molecule has 2 aliphatic heterocycles. The lowest BCUT2D eigenvalue weighted by atomic mass is 9.81. The Morgan fingerprint density at radius 2 is 2.26 bits per heavy atom. The van der Waals surface area contributed by atoms with E-state index in [9.17, 15) is 4.79 Å². The van der Waals surface area contributed by atoms with E-state index in [4.69, 9.17) is 0 Å². The molecule has 1 atom stereocenters. The molecule has 102 valence electrons. The normalized spacial score (nSPS) is 25.6. The number of carbonyl (C=O) groups excluding carboxylic acids is 1. The summed E-state index contributed by atoms with van der Waals surface area (Å²) < 4.78 is 0. The van der Waals surface area contributed by atoms with Gasteiger partial charge in [0.25, 0.3) is 0 Å². The number of hydrogen-bond acceptors (Lipinski definition) is 2. The van der Waals surface area contributed by atoms with Crippen LogP contribution in [0.15, 0.2) is 24.3 Å². The first kappa shape index (κ1) is 12.7. The van der Waals surface area contributed by atoms with E-state index in [1.807, 2.05) is 11.0 Å². The van der Waals surface area contributed by atoms with Gasteiger partial charge in [0.1, 0.15) is 0 Å². The zero-order valence-corrected chi connectivity index (χ0v) is 11.6. The van der Waals surface area contributed by atoms with Crippen molar-refractivity contribution in [1.82, 2.24) is 5.32 Å². The van der Waals surface area contributed by atoms with E-state index in [0.29, 0.717) is 5.91 Å². The summed E-state index contributed by atoms with van der Waals surface area (Å²) in [5, 5.41) is 3.38. The van der Waals surface area contributed by atoms with Crippen LogP contribution in [-0.4, -0.2) is 25.5 Å². The SMILES string of the molecule is CCCC1(C(=O)N2CCc3ccccc32)CCNC1. The number of carbonyl (C=O) groups is 1. The quantitative estimate of drug-likeness (QED) is 0.902. The Kier molecular flexibility index (Phi) is 3.31. The third kappa shape index (κ3) is 2.06. The Bertz CT molecular complexity index is 477. The molecule has 0 spiro atoms. The Balaban J connectivity index is 1.88. The van der Waals surface area contributed by atoms with E-state index < -0.39 is 0 Å². The van der Waals surface area contributed by atoms with Gasteiger partial charge in [0.2, 0.25) is 5.91 Å². The summed E-state index contributed by atoms with van der Waals surface area (Å²) in [5.41, 5.74) is 2.29. The molecule has 0 bridgehead atoms. The maximum Gasteiger partial charge on any atom is 0.234 e. The first-order valence-electron chi connectivity index (χ1n) is 7.37. The molecule has 1 N–H and O–H groups in total. The molecule has 1 aromatic rings. The van der Waals surface area contributed by atoms with Gasteiger partial charge in [0.15, 0.2) is 0 Å². The summed E-state index contributed by atoms with van der Waals surface area (Å²) in [6.07, 6.45) is 4.05. The average Bonchev–Trinajstić information content (AvgIpc) is 3.05. The molecular weight excluding hydrogens is 236 g/mol. The summed E-state index contributed by atoms with van der Waals surface area (Å²) in [6.45, 7) is 4.84. The van der Waals surface area contributed by atoms with E-state index in [1.165, 1.54) is 5.56 Å². The van der Waals surface area contributed by atoms with Gasteiger partial charge in [-0.05, 0) is 37.4 Å². The van der Waals surface area contributed by atoms with Crippen LogP contribution in [0.25, 0.3) is 0 Å². The van der Waals surface area contributed by atoms with Gasteiger partial charge in [-0.1, -0.05) is 31.5 Å². The van der Waals surface area contributed by atoms with Gasteiger partial charge in [0.05, 0.1) is 5.41 Å². The van der Waals surface area contributed by atoms with Crippen LogP contribution >= 0.6 is 0 Å². The summed E-state index contributed by atoms with van der Waals surface area (Å²) in [6, 6.07) is 8.32. The fourth-order valence-corrected chi connectivity index (χ4v) is 3.56. The third-order valence-electron chi connectivity index (χ3n) is 4.56. The summed E-state index contributed by atoms with van der Waals surface area (Å²) >= 11 is 0. The Hall–Kier alpha value is -1.35. The van der Waals surface area contributed by atoms with E-state index in [-0.39, 0.29) is 5.41 Å². The highest BCUT2D eigenvalue weighted by Crippen LogP contribution is 2.37. The number of rotatable bonds is 3. The second-order valence-corrected chi connectivity index (χ2v) is 5.79. The average molecular weight is 258 g/mol. The van der Waals surface area contributed by atoms with Crippen LogP contribution in [0, 0.1) is 5.41 Å². The zero-order valence-electron chi connectivity index (χ0n) is 11.6. The van der Waals surface area contributed by atoms with Crippen molar-refractivity contribution in [2.75, 3.05) is 24.5 Å². The highest BCUT2D eigenvalue weighted by molar-refractivity contribution is 5.99. The third-order valence-corrected chi connectivity index (χ3v) is 4.56. The van der Waals surface area contributed by atoms with E-state index in [0.717, 1.165) is 51.0 Å². The number of hydrogen-bond donors (Lipinski definition) is 1. The van der Waals surface area contributed by atoms with Crippen LogP contribution in [0.2, 0.25) is 0 Å². The first-order chi connectivity index (χ1) is 9.27. The second-order valence-electron chi connectivity index (χ2n) is 5.79. The monoisotopic (exact) mass is 258 g/mol. The van der Waals surface area contributed by atoms with Gasteiger partial charge in [-0.15, -0.1) is 0 Å². The molecule has 0 aliphatic carbocycles. The lowest BCUT2D eigenvalue weighted by Crippen LogP contribution is -2.44. The number of amides is 1. The molecular formula is C16H22N2O. The molecule has 3 heteroatoms. The van der Waals surface area contributed by atoms with Crippen molar-refractivity contribution in [2.24, 2.45) is 5.41 Å². The lowest BCUT2D eigenvalue weighted by Gasteiger charge is -2.32. The second kappa shape index (κ2) is 4.97. The molecule has 1 unspecified atom stereocenters. The number of anilines is 1. The van der Waals surface area contributed by atoms with Crippen LogP contribution in [0.1, 0.15) is 31.7 Å². The smallest absolute Gasteiger partial charge is 0.234 e. The molecule has 0 radical (unpaired) electrons. The highest BCUT2D eigenvalue weighted by Gasteiger charge is 2.44. The van der Waals surface area contributed by atoms with Crippen molar-refractivity contribution >= 4 is 11.6 Å². The number of fused-ring (bicyclic) bond motifs is 1. The molecule has 1 fully saturated rings. The minimum absolute atomic E-state index is 0.161. The molecule has 2 aliphatic rings. The number of benzene rings is 1. The Morgan fingerprint density at radius 1 is 1.42 bits per heavy atom. The van der Waals surface area contributed by atoms with E-state index >= 15 is 0 Å². The van der Waals surface area contributed by atoms with Gasteiger partial charge in [-0.3, -0.25) is 4.79 Å². The van der Waals surface area contributed by atoms with Crippen molar-refractivity contribution in [1.29, 1.82) is 0 Å². The van der Waals surface area contributed by atoms with E-state index in [1.54, 1.807) is 0 Å². The van der Waals surface area contributed by atoms with Crippen LogP contribution in [0.5, 0.6) is 0 Å². The van der Waals surface area contributed by atoms with Gasteiger partial charge < -0.3 is 10.2 Å². The molecule has 2 heterocycles. The summed E-state index contributed by atoms with van der Waals surface area (Å²) in [5.74, 6) is 0.337. The van der Waals surface area contributed by atoms with Crippen molar-refractivity contribution in [3.8, 4) is 0 Å². The van der Waals surface area contributed by atoms with Crippen LogP contribution in [0.3, 0.4) is 0 Å². The molecule has 3 nitrogen and oxygen atoms in total.